The molecule has 2 N–H and O–H groups in total. The van der Waals surface area contributed by atoms with E-state index in [-0.39, 0.29) is 22.2 Å². The third-order valence-corrected chi connectivity index (χ3v) is 2.12. The van der Waals surface area contributed by atoms with E-state index in [9.17, 15) is 8.78 Å². The van der Waals surface area contributed by atoms with E-state index in [4.69, 9.17) is 5.73 Å². The van der Waals surface area contributed by atoms with Crippen LogP contribution in [0.15, 0.2) is 18.3 Å². The number of nitrogens with zero attached hydrogens (tertiary/aromatic N) is 1. The molecule has 1 aromatic carbocycles. The van der Waals surface area contributed by atoms with Crippen molar-refractivity contribution in [2.24, 2.45) is 0 Å². The molecule has 0 fully saturated rings. The summed E-state index contributed by atoms with van der Waals surface area (Å²) >= 11 is 0. The Morgan fingerprint density at radius 3 is 2.79 bits per heavy atom. The number of benzene rings is 1. The summed E-state index contributed by atoms with van der Waals surface area (Å²) in [6.45, 7) is 1.49. The van der Waals surface area contributed by atoms with E-state index in [0.717, 1.165) is 6.07 Å². The quantitative estimate of drug-likeness (QED) is 0.699. The molecule has 0 aliphatic rings. The van der Waals surface area contributed by atoms with Gasteiger partial charge in [-0.05, 0) is 24.6 Å². The lowest BCUT2D eigenvalue weighted by molar-refractivity contribution is 0.608. The van der Waals surface area contributed by atoms with Gasteiger partial charge in [-0.3, -0.25) is 4.98 Å². The second-order valence-corrected chi connectivity index (χ2v) is 3.11. The molecule has 0 unspecified atom stereocenters. The minimum atomic E-state index is -0.550. The summed E-state index contributed by atoms with van der Waals surface area (Å²) in [6.07, 6.45) is 1.36. The molecule has 0 saturated heterocycles. The number of anilines is 1. The van der Waals surface area contributed by atoms with Gasteiger partial charge in [0.25, 0.3) is 0 Å². The maximum absolute atomic E-state index is 13.6. The third-order valence-electron chi connectivity index (χ3n) is 2.12. The van der Waals surface area contributed by atoms with Crippen LogP contribution in [0.25, 0.3) is 10.9 Å². The molecule has 0 aliphatic carbocycles. The standard InChI is InChI=1S/C10H8F2N2/c1-5-4-6(11)10-8(9(5)12)7(13)2-3-14-10/h2-4H,1H3,(H2,13,14). The van der Waals surface area contributed by atoms with E-state index in [1.807, 2.05) is 0 Å². The van der Waals surface area contributed by atoms with Gasteiger partial charge in [-0.1, -0.05) is 0 Å². The highest BCUT2D eigenvalue weighted by atomic mass is 19.1. The molecular weight excluding hydrogens is 186 g/mol. The van der Waals surface area contributed by atoms with Gasteiger partial charge in [0.2, 0.25) is 0 Å². The number of hydrogen-bond donors (Lipinski definition) is 1. The minimum absolute atomic E-state index is 0.0203. The maximum Gasteiger partial charge on any atom is 0.149 e. The van der Waals surface area contributed by atoms with Crippen LogP contribution in [0.5, 0.6) is 0 Å². The normalized spacial score (nSPS) is 10.8. The van der Waals surface area contributed by atoms with Crippen LogP contribution in [0.4, 0.5) is 14.5 Å². The molecule has 2 nitrogen and oxygen atoms in total. The summed E-state index contributed by atoms with van der Waals surface area (Å²) in [6, 6.07) is 2.56. The molecule has 2 aromatic rings. The van der Waals surface area contributed by atoms with Crippen LogP contribution in [0.3, 0.4) is 0 Å². The average Bonchev–Trinajstić information content (AvgIpc) is 2.14. The highest BCUT2D eigenvalue weighted by molar-refractivity contribution is 5.91. The van der Waals surface area contributed by atoms with Gasteiger partial charge in [0.15, 0.2) is 0 Å². The van der Waals surface area contributed by atoms with E-state index >= 15 is 0 Å². The van der Waals surface area contributed by atoms with Gasteiger partial charge >= 0.3 is 0 Å². The molecule has 0 saturated carbocycles. The molecule has 1 aromatic heterocycles. The fraction of sp³-hybridized carbons (Fsp3) is 0.100. The number of aromatic nitrogens is 1. The van der Waals surface area contributed by atoms with Gasteiger partial charge in [0, 0.05) is 11.9 Å². The van der Waals surface area contributed by atoms with Gasteiger partial charge in [-0.25, -0.2) is 8.78 Å². The Morgan fingerprint density at radius 1 is 1.36 bits per heavy atom. The van der Waals surface area contributed by atoms with Gasteiger partial charge in [0.1, 0.15) is 17.2 Å². The van der Waals surface area contributed by atoms with E-state index in [1.165, 1.54) is 19.2 Å². The van der Waals surface area contributed by atoms with Gasteiger partial charge < -0.3 is 5.73 Å². The zero-order chi connectivity index (χ0) is 10.3. The molecule has 4 heteroatoms. The lowest BCUT2D eigenvalue weighted by Gasteiger charge is -2.05. The fourth-order valence-electron chi connectivity index (χ4n) is 1.41. The van der Waals surface area contributed by atoms with Crippen molar-refractivity contribution >= 4 is 16.6 Å². The summed E-state index contributed by atoms with van der Waals surface area (Å²) in [4.78, 5) is 3.75. The number of pyridine rings is 1. The van der Waals surface area contributed by atoms with Crippen molar-refractivity contribution in [3.63, 3.8) is 0 Å². The number of halogens is 2. The molecule has 0 spiro atoms. The van der Waals surface area contributed by atoms with Crippen molar-refractivity contribution in [2.75, 3.05) is 5.73 Å². The van der Waals surface area contributed by atoms with E-state index in [0.29, 0.717) is 0 Å². The topological polar surface area (TPSA) is 38.9 Å². The van der Waals surface area contributed by atoms with Crippen LogP contribution < -0.4 is 5.73 Å². The predicted molar refractivity (Wildman–Crippen MR) is 50.8 cm³/mol. The summed E-state index contributed by atoms with van der Waals surface area (Å²) in [7, 11) is 0. The number of hydrogen-bond acceptors (Lipinski definition) is 2. The Morgan fingerprint density at radius 2 is 2.07 bits per heavy atom. The Kier molecular flexibility index (Phi) is 1.84. The van der Waals surface area contributed by atoms with Crippen LogP contribution >= 0.6 is 0 Å². The van der Waals surface area contributed by atoms with Crippen LogP contribution in [0.1, 0.15) is 5.56 Å². The maximum atomic E-state index is 13.6. The number of aryl methyl sites for hydroxylation is 1. The summed E-state index contributed by atoms with van der Waals surface area (Å²) in [5, 5.41) is 0.0602. The highest BCUT2D eigenvalue weighted by Gasteiger charge is 2.12. The first-order valence-corrected chi connectivity index (χ1v) is 4.10. The number of nitrogens with two attached hydrogens (primary N) is 1. The zero-order valence-corrected chi connectivity index (χ0v) is 7.51. The van der Waals surface area contributed by atoms with E-state index in [1.54, 1.807) is 0 Å². The Bertz CT molecular complexity index is 509. The fourth-order valence-corrected chi connectivity index (χ4v) is 1.41. The predicted octanol–water partition coefficient (Wildman–Crippen LogP) is 2.40. The second-order valence-electron chi connectivity index (χ2n) is 3.11. The van der Waals surface area contributed by atoms with Crippen LogP contribution in [0.2, 0.25) is 0 Å². The molecule has 0 atom stereocenters. The first kappa shape index (κ1) is 8.87. The molecule has 14 heavy (non-hydrogen) atoms. The van der Waals surface area contributed by atoms with Crippen molar-refractivity contribution in [3.8, 4) is 0 Å². The molecule has 72 valence electrons. The summed E-state index contributed by atoms with van der Waals surface area (Å²) in [5.74, 6) is -1.06. The third kappa shape index (κ3) is 1.11. The number of fused-ring (bicyclic) bond motifs is 1. The molecule has 1 heterocycles. The van der Waals surface area contributed by atoms with Crippen LogP contribution in [-0.2, 0) is 0 Å². The number of rotatable bonds is 0. The SMILES string of the molecule is Cc1cc(F)c2nccc(N)c2c1F. The second kappa shape index (κ2) is 2.90. The summed E-state index contributed by atoms with van der Waals surface area (Å²) in [5.41, 5.74) is 5.96. The molecule has 2 rings (SSSR count). The Balaban J connectivity index is 3.03. The highest BCUT2D eigenvalue weighted by Crippen LogP contribution is 2.26. The smallest absolute Gasteiger partial charge is 0.149 e. The lowest BCUT2D eigenvalue weighted by atomic mass is 10.1. The number of nitrogen functional groups attached to an aromatic ring is 1. The van der Waals surface area contributed by atoms with Crippen molar-refractivity contribution < 1.29 is 8.78 Å². The van der Waals surface area contributed by atoms with E-state index < -0.39 is 11.6 Å². The van der Waals surface area contributed by atoms with Gasteiger partial charge in [-0.2, -0.15) is 0 Å². The van der Waals surface area contributed by atoms with E-state index in [2.05, 4.69) is 4.98 Å². The van der Waals surface area contributed by atoms with Gasteiger partial charge in [-0.15, -0.1) is 0 Å². The lowest BCUT2D eigenvalue weighted by Crippen LogP contribution is -1.96. The summed E-state index contributed by atoms with van der Waals surface area (Å²) < 4.78 is 26.9. The van der Waals surface area contributed by atoms with Crippen molar-refractivity contribution in [2.45, 2.75) is 6.92 Å². The molecule has 0 bridgehead atoms. The van der Waals surface area contributed by atoms with Gasteiger partial charge in [0.05, 0.1) is 5.39 Å². The molecule has 0 aliphatic heterocycles. The average molecular weight is 194 g/mol. The molecular formula is C10H8F2N2. The monoisotopic (exact) mass is 194 g/mol. The Hall–Kier alpha value is -1.71. The van der Waals surface area contributed by atoms with Crippen molar-refractivity contribution in [3.05, 3.63) is 35.5 Å². The van der Waals surface area contributed by atoms with Crippen molar-refractivity contribution in [1.82, 2.24) is 4.98 Å². The Labute approximate surface area is 79.4 Å². The molecule has 0 radical (unpaired) electrons. The largest absolute Gasteiger partial charge is 0.398 e. The van der Waals surface area contributed by atoms with Crippen LogP contribution in [-0.4, -0.2) is 4.98 Å². The first-order chi connectivity index (χ1) is 6.61. The zero-order valence-electron chi connectivity index (χ0n) is 7.51. The molecule has 0 amide bonds. The minimum Gasteiger partial charge on any atom is -0.398 e. The van der Waals surface area contributed by atoms with Crippen molar-refractivity contribution in [1.29, 1.82) is 0 Å². The first-order valence-electron chi connectivity index (χ1n) is 4.10. The van der Waals surface area contributed by atoms with Crippen LogP contribution in [0, 0.1) is 18.6 Å².